The number of hydrogen-bond acceptors (Lipinski definition) is 2. The average Bonchev–Trinajstić information content (AvgIpc) is 2.35. The molecule has 0 heterocycles. The molecule has 0 radical (unpaired) electrons. The van der Waals surface area contributed by atoms with Gasteiger partial charge in [-0.05, 0) is 12.5 Å². The molecular weight excluding hydrogens is 248 g/mol. The maximum Gasteiger partial charge on any atom is 0.302 e. The topological polar surface area (TPSA) is 26.3 Å². The number of aryl methyl sites for hydroxylation is 1. The largest absolute Gasteiger partial charge is 0.465 e. The molecule has 2 nitrogen and oxygen atoms in total. The fraction of sp³-hybridized carbons (Fsp3) is 0.500. The summed E-state index contributed by atoms with van der Waals surface area (Å²) in [7, 11) is 0. The van der Waals surface area contributed by atoms with Crippen molar-refractivity contribution in [1.29, 1.82) is 0 Å². The van der Waals surface area contributed by atoms with Crippen LogP contribution in [-0.2, 0) is 14.9 Å². The molecule has 0 aliphatic heterocycles. The smallest absolute Gasteiger partial charge is 0.302 e. The van der Waals surface area contributed by atoms with E-state index in [1.54, 1.807) is 0 Å². The van der Waals surface area contributed by atoms with Crippen LogP contribution in [0.2, 0.25) is 0 Å². The molecule has 0 aromatic heterocycles. The zero-order chi connectivity index (χ0) is 15.4. The minimum atomic E-state index is -0.232. The molecule has 0 unspecified atom stereocenters. The predicted octanol–water partition coefficient (Wildman–Crippen LogP) is 4.42. The molecule has 1 aromatic rings. The van der Waals surface area contributed by atoms with Gasteiger partial charge in [0, 0.05) is 17.8 Å². The minimum absolute atomic E-state index is 0.0405. The third kappa shape index (κ3) is 5.20. The Balaban J connectivity index is 2.80. The number of rotatable bonds is 5. The van der Waals surface area contributed by atoms with Gasteiger partial charge in [0.25, 0.3) is 0 Å². The third-order valence-corrected chi connectivity index (χ3v) is 3.39. The third-order valence-electron chi connectivity index (χ3n) is 3.39. The van der Waals surface area contributed by atoms with Crippen LogP contribution < -0.4 is 0 Å². The number of hydrogen-bond donors (Lipinski definition) is 0. The summed E-state index contributed by atoms with van der Waals surface area (Å²) in [5, 5.41) is 0. The molecule has 0 bridgehead atoms. The van der Waals surface area contributed by atoms with Crippen LogP contribution in [0.5, 0.6) is 0 Å². The Kier molecular flexibility index (Phi) is 5.15. The van der Waals surface area contributed by atoms with Gasteiger partial charge in [0.1, 0.15) is 0 Å². The summed E-state index contributed by atoms with van der Waals surface area (Å²) in [6, 6.07) is 8.60. The van der Waals surface area contributed by atoms with Crippen LogP contribution in [0.1, 0.15) is 45.7 Å². The highest BCUT2D eigenvalue weighted by Crippen LogP contribution is 2.28. The van der Waals surface area contributed by atoms with Crippen LogP contribution in [0.15, 0.2) is 36.4 Å². The van der Waals surface area contributed by atoms with Crippen molar-refractivity contribution in [2.75, 3.05) is 6.61 Å². The van der Waals surface area contributed by atoms with E-state index in [1.165, 1.54) is 18.1 Å². The molecule has 1 rings (SSSR count). The summed E-state index contributed by atoms with van der Waals surface area (Å²) in [5.74, 6) is -0.232. The standard InChI is InChI=1S/C18H26O2/c1-14-7-9-16(10-8-14)18(5,6)12-11-17(3,4)13-20-15(2)19/h7-12H,13H2,1-6H3/b12-11+. The molecule has 0 atom stereocenters. The Morgan fingerprint density at radius 3 is 2.15 bits per heavy atom. The van der Waals surface area contributed by atoms with E-state index >= 15 is 0 Å². The second-order valence-corrected chi connectivity index (χ2v) is 6.69. The number of esters is 1. The highest BCUT2D eigenvalue weighted by molar-refractivity contribution is 5.65. The monoisotopic (exact) mass is 274 g/mol. The first-order valence-electron chi connectivity index (χ1n) is 7.03. The molecule has 20 heavy (non-hydrogen) atoms. The van der Waals surface area contributed by atoms with Crippen molar-refractivity contribution >= 4 is 5.97 Å². The summed E-state index contributed by atoms with van der Waals surface area (Å²) in [6.45, 7) is 12.5. The zero-order valence-electron chi connectivity index (χ0n) is 13.5. The van der Waals surface area contributed by atoms with Gasteiger partial charge >= 0.3 is 5.97 Å². The number of carbonyl (C=O) groups is 1. The van der Waals surface area contributed by atoms with Gasteiger partial charge in [0.05, 0.1) is 6.61 Å². The Morgan fingerprint density at radius 2 is 1.65 bits per heavy atom. The Bertz CT molecular complexity index is 479. The lowest BCUT2D eigenvalue weighted by molar-refractivity contribution is -0.143. The first-order chi connectivity index (χ1) is 9.12. The molecule has 0 fully saturated rings. The molecule has 0 spiro atoms. The second-order valence-electron chi connectivity index (χ2n) is 6.69. The van der Waals surface area contributed by atoms with Crippen molar-refractivity contribution in [3.05, 3.63) is 47.5 Å². The van der Waals surface area contributed by atoms with Crippen molar-refractivity contribution in [1.82, 2.24) is 0 Å². The van der Waals surface area contributed by atoms with E-state index < -0.39 is 0 Å². The van der Waals surface area contributed by atoms with Gasteiger partial charge in [-0.15, -0.1) is 0 Å². The molecule has 0 saturated carbocycles. The Hall–Kier alpha value is -1.57. The first kappa shape index (κ1) is 16.5. The van der Waals surface area contributed by atoms with Crippen LogP contribution in [0, 0.1) is 12.3 Å². The molecule has 0 N–H and O–H groups in total. The molecule has 110 valence electrons. The number of ether oxygens (including phenoxy) is 1. The van der Waals surface area contributed by atoms with Crippen LogP contribution in [0.4, 0.5) is 0 Å². The van der Waals surface area contributed by atoms with Crippen molar-refractivity contribution in [2.24, 2.45) is 5.41 Å². The lowest BCUT2D eigenvalue weighted by Crippen LogP contribution is -2.21. The first-order valence-corrected chi connectivity index (χ1v) is 7.03. The molecule has 2 heteroatoms. The summed E-state index contributed by atoms with van der Waals surface area (Å²) >= 11 is 0. The highest BCUT2D eigenvalue weighted by Gasteiger charge is 2.21. The molecule has 0 amide bonds. The highest BCUT2D eigenvalue weighted by atomic mass is 16.5. The van der Waals surface area contributed by atoms with E-state index in [0.29, 0.717) is 6.61 Å². The fourth-order valence-corrected chi connectivity index (χ4v) is 1.85. The van der Waals surface area contributed by atoms with Crippen LogP contribution in [0.3, 0.4) is 0 Å². The minimum Gasteiger partial charge on any atom is -0.465 e. The van der Waals surface area contributed by atoms with E-state index in [1.807, 2.05) is 0 Å². The predicted molar refractivity (Wildman–Crippen MR) is 83.8 cm³/mol. The molecule has 0 aliphatic carbocycles. The second kappa shape index (κ2) is 6.25. The van der Waals surface area contributed by atoms with Gasteiger partial charge in [-0.3, -0.25) is 4.79 Å². The van der Waals surface area contributed by atoms with Crippen LogP contribution >= 0.6 is 0 Å². The number of benzene rings is 1. The van der Waals surface area contributed by atoms with Crippen LogP contribution in [-0.4, -0.2) is 12.6 Å². The van der Waals surface area contributed by atoms with E-state index in [2.05, 4.69) is 71.0 Å². The summed E-state index contributed by atoms with van der Waals surface area (Å²) in [5.41, 5.74) is 2.35. The van der Waals surface area contributed by atoms with Gasteiger partial charge in [-0.25, -0.2) is 0 Å². The lowest BCUT2D eigenvalue weighted by Gasteiger charge is -2.25. The normalized spacial score (nSPS) is 12.7. The fourth-order valence-electron chi connectivity index (χ4n) is 1.85. The van der Waals surface area contributed by atoms with Gasteiger partial charge in [0.15, 0.2) is 0 Å². The van der Waals surface area contributed by atoms with Gasteiger partial charge in [-0.1, -0.05) is 69.7 Å². The molecule has 0 aliphatic rings. The van der Waals surface area contributed by atoms with Crippen molar-refractivity contribution < 1.29 is 9.53 Å². The lowest BCUT2D eigenvalue weighted by atomic mass is 9.81. The molecule has 1 aromatic carbocycles. The van der Waals surface area contributed by atoms with E-state index in [9.17, 15) is 4.79 Å². The summed E-state index contributed by atoms with van der Waals surface area (Å²) < 4.78 is 5.10. The van der Waals surface area contributed by atoms with Gasteiger partial charge < -0.3 is 4.74 Å². The maximum absolute atomic E-state index is 10.9. The Labute approximate surface area is 122 Å². The average molecular weight is 274 g/mol. The van der Waals surface area contributed by atoms with Gasteiger partial charge in [-0.2, -0.15) is 0 Å². The van der Waals surface area contributed by atoms with Crippen molar-refractivity contribution in [3.8, 4) is 0 Å². The van der Waals surface area contributed by atoms with E-state index in [-0.39, 0.29) is 16.8 Å². The number of allylic oxidation sites excluding steroid dienone is 1. The van der Waals surface area contributed by atoms with Crippen molar-refractivity contribution in [3.63, 3.8) is 0 Å². The summed E-state index contributed by atoms with van der Waals surface area (Å²) in [4.78, 5) is 10.9. The zero-order valence-corrected chi connectivity index (χ0v) is 13.5. The van der Waals surface area contributed by atoms with Crippen LogP contribution in [0.25, 0.3) is 0 Å². The Morgan fingerprint density at radius 1 is 1.10 bits per heavy atom. The van der Waals surface area contributed by atoms with Gasteiger partial charge in [0.2, 0.25) is 0 Å². The van der Waals surface area contributed by atoms with E-state index in [0.717, 1.165) is 0 Å². The van der Waals surface area contributed by atoms with E-state index in [4.69, 9.17) is 4.74 Å². The molecule has 0 saturated heterocycles. The molecular formula is C18H26O2. The quantitative estimate of drug-likeness (QED) is 0.587. The summed E-state index contributed by atoms with van der Waals surface area (Å²) in [6.07, 6.45) is 4.33. The number of carbonyl (C=O) groups excluding carboxylic acids is 1. The SMILES string of the molecule is CC(=O)OCC(C)(C)/C=C/C(C)(C)c1ccc(C)cc1. The maximum atomic E-state index is 10.9. The van der Waals surface area contributed by atoms with Crippen molar-refractivity contribution in [2.45, 2.75) is 47.0 Å².